The van der Waals surface area contributed by atoms with Crippen LogP contribution < -0.4 is 9.97 Å². The molecule has 0 saturated heterocycles. The Kier molecular flexibility index (Phi) is 6.41. The van der Waals surface area contributed by atoms with Gasteiger partial charge in [-0.1, -0.05) is 12.1 Å². The van der Waals surface area contributed by atoms with E-state index in [1.165, 1.54) is 12.1 Å². The fourth-order valence-electron chi connectivity index (χ4n) is 1.71. The molecule has 0 aromatic heterocycles. The number of alkyl carbamates (subject to hydrolysis) is 1. The van der Waals surface area contributed by atoms with Gasteiger partial charge in [-0.15, -0.1) is 0 Å². The van der Waals surface area contributed by atoms with E-state index >= 15 is 0 Å². The van der Waals surface area contributed by atoms with Crippen molar-refractivity contribution < 1.29 is 34.1 Å². The largest absolute Gasteiger partial charge is 0.707 e. The standard InChI is InChI=1S/C14H20BNO7/c1-14(2,3)22-13(19)16-11(12(17)18)8-9-4-6-10(7-5-9)23-15(20)21/h4-7,11,20-21H,8H2,1-3H3,(H,16,19)(H,17,18). The number of rotatable bonds is 6. The molecule has 0 radical (unpaired) electrons. The average Bonchev–Trinajstić information content (AvgIpc) is 2.37. The second kappa shape index (κ2) is 7.84. The van der Waals surface area contributed by atoms with Gasteiger partial charge in [-0.25, -0.2) is 9.59 Å². The quantitative estimate of drug-likeness (QED) is 0.563. The Balaban J connectivity index is 2.69. The molecule has 0 fully saturated rings. The zero-order valence-electron chi connectivity index (χ0n) is 13.1. The molecule has 23 heavy (non-hydrogen) atoms. The second-order valence-corrected chi connectivity index (χ2v) is 5.83. The lowest BCUT2D eigenvalue weighted by molar-refractivity contribution is -0.139. The zero-order valence-corrected chi connectivity index (χ0v) is 13.1. The van der Waals surface area contributed by atoms with Crippen LogP contribution in [-0.2, 0) is 16.0 Å². The third kappa shape index (κ3) is 7.52. The molecule has 1 aromatic rings. The fourth-order valence-corrected chi connectivity index (χ4v) is 1.71. The molecule has 8 nitrogen and oxygen atoms in total. The number of hydrogen-bond donors (Lipinski definition) is 4. The number of benzene rings is 1. The van der Waals surface area contributed by atoms with Gasteiger partial charge in [0, 0.05) is 6.42 Å². The summed E-state index contributed by atoms with van der Waals surface area (Å²) >= 11 is 0. The van der Waals surface area contributed by atoms with Crippen LogP contribution in [0.4, 0.5) is 4.79 Å². The molecule has 1 amide bonds. The summed E-state index contributed by atoms with van der Waals surface area (Å²) < 4.78 is 9.68. The van der Waals surface area contributed by atoms with Gasteiger partial charge < -0.3 is 29.9 Å². The van der Waals surface area contributed by atoms with E-state index in [4.69, 9.17) is 14.8 Å². The topological polar surface area (TPSA) is 125 Å². The lowest BCUT2D eigenvalue weighted by Crippen LogP contribution is -2.44. The molecule has 0 aliphatic heterocycles. The van der Waals surface area contributed by atoms with E-state index in [0.717, 1.165) is 0 Å². The molecular weight excluding hydrogens is 305 g/mol. The number of ether oxygens (including phenoxy) is 1. The highest BCUT2D eigenvalue weighted by Crippen LogP contribution is 2.14. The van der Waals surface area contributed by atoms with E-state index in [0.29, 0.717) is 5.56 Å². The summed E-state index contributed by atoms with van der Waals surface area (Å²) in [7, 11) is -1.93. The number of carbonyl (C=O) groups excluding carboxylic acids is 1. The normalized spacial score (nSPS) is 12.2. The Hall–Kier alpha value is -2.26. The highest BCUT2D eigenvalue weighted by Gasteiger charge is 2.24. The molecule has 1 unspecified atom stereocenters. The molecule has 1 rings (SSSR count). The molecule has 1 aromatic carbocycles. The molecule has 0 bridgehead atoms. The van der Waals surface area contributed by atoms with Crippen LogP contribution >= 0.6 is 0 Å². The van der Waals surface area contributed by atoms with Crippen LogP contribution in [0, 0.1) is 0 Å². The van der Waals surface area contributed by atoms with Crippen LogP contribution in [0.3, 0.4) is 0 Å². The van der Waals surface area contributed by atoms with E-state index < -0.39 is 31.0 Å². The molecule has 0 spiro atoms. The third-order valence-electron chi connectivity index (χ3n) is 2.59. The first-order chi connectivity index (χ1) is 10.6. The molecule has 0 aliphatic rings. The fraction of sp³-hybridized carbons (Fsp3) is 0.429. The van der Waals surface area contributed by atoms with Crippen LogP contribution in [-0.4, -0.2) is 46.2 Å². The van der Waals surface area contributed by atoms with Crippen molar-refractivity contribution in [2.24, 2.45) is 0 Å². The van der Waals surface area contributed by atoms with Crippen molar-refractivity contribution in [1.82, 2.24) is 5.32 Å². The van der Waals surface area contributed by atoms with Crippen molar-refractivity contribution in [2.75, 3.05) is 0 Å². The molecule has 9 heteroatoms. The van der Waals surface area contributed by atoms with Crippen molar-refractivity contribution in [3.63, 3.8) is 0 Å². The average molecular weight is 325 g/mol. The summed E-state index contributed by atoms with van der Waals surface area (Å²) in [4.78, 5) is 22.9. The van der Waals surface area contributed by atoms with Gasteiger partial charge in [-0.2, -0.15) is 0 Å². The third-order valence-corrected chi connectivity index (χ3v) is 2.59. The van der Waals surface area contributed by atoms with Gasteiger partial charge in [0.15, 0.2) is 0 Å². The number of amides is 1. The summed E-state index contributed by atoms with van der Waals surface area (Å²) in [6, 6.07) is 4.89. The van der Waals surface area contributed by atoms with Gasteiger partial charge >= 0.3 is 19.4 Å². The van der Waals surface area contributed by atoms with Crippen molar-refractivity contribution in [1.29, 1.82) is 0 Å². The van der Waals surface area contributed by atoms with Crippen LogP contribution in [0.2, 0.25) is 0 Å². The molecule has 0 heterocycles. The van der Waals surface area contributed by atoms with Gasteiger partial charge in [0.2, 0.25) is 0 Å². The van der Waals surface area contributed by atoms with E-state index in [1.807, 2.05) is 0 Å². The Bertz CT molecular complexity index is 539. The van der Waals surface area contributed by atoms with Crippen molar-refractivity contribution in [2.45, 2.75) is 38.8 Å². The van der Waals surface area contributed by atoms with E-state index in [-0.39, 0.29) is 12.2 Å². The van der Waals surface area contributed by atoms with Crippen molar-refractivity contribution >= 4 is 19.4 Å². The van der Waals surface area contributed by atoms with Gasteiger partial charge in [0.1, 0.15) is 17.4 Å². The summed E-state index contributed by atoms with van der Waals surface area (Å²) in [5, 5.41) is 28.8. The summed E-state index contributed by atoms with van der Waals surface area (Å²) in [6.45, 7) is 5.03. The number of aliphatic carboxylic acids is 1. The van der Waals surface area contributed by atoms with Crippen molar-refractivity contribution in [3.8, 4) is 5.75 Å². The molecule has 1 atom stereocenters. The molecule has 4 N–H and O–H groups in total. The predicted molar refractivity (Wildman–Crippen MR) is 81.8 cm³/mol. The number of nitrogens with one attached hydrogen (secondary N) is 1. The Morgan fingerprint density at radius 3 is 2.22 bits per heavy atom. The predicted octanol–water partition coefficient (Wildman–Crippen LogP) is 0.555. The highest BCUT2D eigenvalue weighted by molar-refractivity contribution is 6.33. The smallest absolute Gasteiger partial charge is 0.512 e. The first-order valence-corrected chi connectivity index (χ1v) is 6.91. The van der Waals surface area contributed by atoms with Crippen LogP contribution in [0.1, 0.15) is 26.3 Å². The van der Waals surface area contributed by atoms with E-state index in [9.17, 15) is 14.7 Å². The maximum Gasteiger partial charge on any atom is 0.707 e. The number of carboxylic acid groups (broad SMARTS) is 1. The molecular formula is C14H20BNO7. The maximum absolute atomic E-state index is 11.7. The maximum atomic E-state index is 11.7. The number of carboxylic acids is 1. The van der Waals surface area contributed by atoms with Gasteiger partial charge in [-0.05, 0) is 38.5 Å². The SMILES string of the molecule is CC(C)(C)OC(=O)NC(Cc1ccc(OB(O)O)cc1)C(=O)O. The summed E-state index contributed by atoms with van der Waals surface area (Å²) in [5.41, 5.74) is -0.106. The van der Waals surface area contributed by atoms with Crippen LogP contribution in [0.25, 0.3) is 0 Å². The number of hydrogen-bond acceptors (Lipinski definition) is 6. The second-order valence-electron chi connectivity index (χ2n) is 5.83. The summed E-state index contributed by atoms with van der Waals surface area (Å²) in [5.74, 6) is -0.974. The zero-order chi connectivity index (χ0) is 17.6. The van der Waals surface area contributed by atoms with Gasteiger partial charge in [-0.3, -0.25) is 0 Å². The first kappa shape index (κ1) is 18.8. The van der Waals surface area contributed by atoms with Crippen LogP contribution in [0.15, 0.2) is 24.3 Å². The summed E-state index contributed by atoms with van der Waals surface area (Å²) in [6.07, 6.45) is -0.774. The minimum absolute atomic E-state index is 0.0382. The minimum atomic E-state index is -1.93. The van der Waals surface area contributed by atoms with Crippen LogP contribution in [0.5, 0.6) is 5.75 Å². The van der Waals surface area contributed by atoms with Gasteiger partial charge in [0.25, 0.3) is 0 Å². The molecule has 0 aliphatic carbocycles. The van der Waals surface area contributed by atoms with Gasteiger partial charge in [0.05, 0.1) is 0 Å². The molecule has 0 saturated carbocycles. The van der Waals surface area contributed by atoms with E-state index in [2.05, 4.69) is 9.97 Å². The minimum Gasteiger partial charge on any atom is -0.512 e. The first-order valence-electron chi connectivity index (χ1n) is 6.91. The Morgan fingerprint density at radius 1 is 1.22 bits per heavy atom. The number of carbonyl (C=O) groups is 2. The lowest BCUT2D eigenvalue weighted by Gasteiger charge is -2.22. The van der Waals surface area contributed by atoms with Crippen molar-refractivity contribution in [3.05, 3.63) is 29.8 Å². The molecule has 126 valence electrons. The highest BCUT2D eigenvalue weighted by atomic mass is 16.6. The lowest BCUT2D eigenvalue weighted by atomic mass is 10.1. The Morgan fingerprint density at radius 2 is 1.78 bits per heavy atom. The van der Waals surface area contributed by atoms with E-state index in [1.54, 1.807) is 32.9 Å². The monoisotopic (exact) mass is 325 g/mol. The Labute approximate surface area is 134 Å².